The highest BCUT2D eigenvalue weighted by molar-refractivity contribution is 6.09. The first-order chi connectivity index (χ1) is 7.58. The van der Waals surface area contributed by atoms with Gasteiger partial charge in [0.25, 0.3) is 5.70 Å². The molecule has 0 aromatic carbocycles. The van der Waals surface area contributed by atoms with Gasteiger partial charge >= 0.3 is 0 Å². The number of alkyl halides is 1. The Balaban J connectivity index is 2.43. The Morgan fingerprint density at radius 3 is 3.12 bits per heavy atom. The van der Waals surface area contributed by atoms with Crippen LogP contribution in [0.3, 0.4) is 0 Å². The number of nitrogens with one attached hydrogen (secondary N) is 1. The van der Waals surface area contributed by atoms with E-state index in [0.717, 1.165) is 12.2 Å². The number of fused-ring (bicyclic) bond motifs is 1. The molecule has 2 N–H and O–H groups in total. The number of nitrogens with zero attached hydrogens (tertiary/aromatic N) is 2. The van der Waals surface area contributed by atoms with Crippen LogP contribution in [0.15, 0.2) is 28.7 Å². The number of hydroxylamine groups is 1. The molecule has 7 nitrogen and oxygen atoms in total. The van der Waals surface area contributed by atoms with Gasteiger partial charge in [0.2, 0.25) is 0 Å². The average Bonchev–Trinajstić information content (AvgIpc) is 2.67. The number of aliphatic hydroxyl groups is 1. The van der Waals surface area contributed by atoms with Gasteiger partial charge in [-0.25, -0.2) is 4.39 Å². The molecule has 0 radical (unpaired) electrons. The number of rotatable bonds is 3. The Hall–Kier alpha value is -1.96. The van der Waals surface area contributed by atoms with Gasteiger partial charge in [-0.1, -0.05) is 5.16 Å². The molecule has 2 aliphatic rings. The first-order valence-corrected chi connectivity index (χ1v) is 4.47. The number of hydrogen-bond donors (Lipinski definition) is 2. The second-order valence-corrected chi connectivity index (χ2v) is 3.32. The summed E-state index contributed by atoms with van der Waals surface area (Å²) in [6, 6.07) is 0. The molecule has 1 atom stereocenters. The monoisotopic (exact) mass is 229 g/mol. The van der Waals surface area contributed by atoms with Crippen LogP contribution in [0.5, 0.6) is 0 Å². The summed E-state index contributed by atoms with van der Waals surface area (Å²) in [6.45, 7) is -0.402. The van der Waals surface area contributed by atoms with E-state index in [1.54, 1.807) is 0 Å². The van der Waals surface area contributed by atoms with E-state index in [1.165, 1.54) is 0 Å². The number of allylic oxidation sites excluding steroid dienone is 3. The Kier molecular flexibility index (Phi) is 2.35. The largest absolute Gasteiger partial charge is 0.396 e. The van der Waals surface area contributed by atoms with Crippen LogP contribution in [-0.4, -0.2) is 28.0 Å². The SMILES string of the molecule is O=[N+]([O-])C1=C2NON=C2C(F)(CCO)C=C1. The molecule has 8 heteroatoms. The molecule has 0 spiro atoms. The molecule has 1 aliphatic carbocycles. The van der Waals surface area contributed by atoms with Gasteiger partial charge in [-0.2, -0.15) is 5.48 Å². The molecule has 16 heavy (non-hydrogen) atoms. The lowest BCUT2D eigenvalue weighted by Crippen LogP contribution is -2.38. The second kappa shape index (κ2) is 3.56. The summed E-state index contributed by atoms with van der Waals surface area (Å²) in [4.78, 5) is 14.4. The van der Waals surface area contributed by atoms with E-state index in [0.29, 0.717) is 0 Å². The van der Waals surface area contributed by atoms with Crippen molar-refractivity contribution >= 4 is 5.71 Å². The first-order valence-electron chi connectivity index (χ1n) is 4.47. The highest BCUT2D eigenvalue weighted by Gasteiger charge is 2.45. The van der Waals surface area contributed by atoms with Crippen molar-refractivity contribution in [3.8, 4) is 0 Å². The maximum absolute atomic E-state index is 14.2. The predicted molar refractivity (Wildman–Crippen MR) is 50.4 cm³/mol. The van der Waals surface area contributed by atoms with E-state index in [-0.39, 0.29) is 23.5 Å². The summed E-state index contributed by atoms with van der Waals surface area (Å²) in [6.07, 6.45) is 1.80. The van der Waals surface area contributed by atoms with E-state index in [2.05, 4.69) is 15.6 Å². The molecule has 0 saturated carbocycles. The van der Waals surface area contributed by atoms with E-state index < -0.39 is 17.2 Å². The zero-order valence-electron chi connectivity index (χ0n) is 8.01. The minimum atomic E-state index is -2.03. The number of halogens is 1. The molecule has 0 saturated heterocycles. The molecular weight excluding hydrogens is 221 g/mol. The van der Waals surface area contributed by atoms with Crippen LogP contribution in [0, 0.1) is 10.1 Å². The lowest BCUT2D eigenvalue weighted by Gasteiger charge is -2.21. The summed E-state index contributed by atoms with van der Waals surface area (Å²) in [5, 5.41) is 22.7. The minimum absolute atomic E-state index is 0.108. The standard InChI is InChI=1S/C8H8FN3O4/c9-8(3-4-13)2-1-5(12(14)15)6-7(8)11-16-10-6/h1-2,10,13H,3-4H2. The molecule has 1 heterocycles. The van der Waals surface area contributed by atoms with Gasteiger partial charge in [-0.3, -0.25) is 15.1 Å². The van der Waals surface area contributed by atoms with Crippen LogP contribution in [-0.2, 0) is 4.94 Å². The summed E-state index contributed by atoms with van der Waals surface area (Å²) in [7, 11) is 0. The topological polar surface area (TPSA) is 97.0 Å². The van der Waals surface area contributed by atoms with Crippen molar-refractivity contribution in [2.45, 2.75) is 12.1 Å². The van der Waals surface area contributed by atoms with Crippen LogP contribution in [0.25, 0.3) is 0 Å². The highest BCUT2D eigenvalue weighted by Crippen LogP contribution is 2.32. The quantitative estimate of drug-likeness (QED) is 0.525. The van der Waals surface area contributed by atoms with Crippen LogP contribution < -0.4 is 5.48 Å². The highest BCUT2D eigenvalue weighted by atomic mass is 19.1. The van der Waals surface area contributed by atoms with Gasteiger partial charge in [-0.05, 0) is 6.08 Å². The third kappa shape index (κ3) is 1.43. The van der Waals surface area contributed by atoms with Crippen LogP contribution in [0.4, 0.5) is 4.39 Å². The van der Waals surface area contributed by atoms with Crippen molar-refractivity contribution in [1.82, 2.24) is 5.48 Å². The van der Waals surface area contributed by atoms with Gasteiger partial charge < -0.3 is 5.11 Å². The number of hydrogen-bond acceptors (Lipinski definition) is 6. The number of aliphatic hydroxyl groups excluding tert-OH is 1. The third-order valence-corrected chi connectivity index (χ3v) is 2.35. The van der Waals surface area contributed by atoms with E-state index in [9.17, 15) is 14.5 Å². The Bertz CT molecular complexity index is 431. The normalized spacial score (nSPS) is 27.0. The maximum Gasteiger partial charge on any atom is 0.297 e. The van der Waals surface area contributed by atoms with Crippen molar-refractivity contribution in [2.24, 2.45) is 5.16 Å². The van der Waals surface area contributed by atoms with Gasteiger partial charge in [-0.15, -0.1) is 0 Å². The van der Waals surface area contributed by atoms with Crippen molar-refractivity contribution in [2.75, 3.05) is 6.61 Å². The van der Waals surface area contributed by atoms with Crippen LogP contribution in [0.2, 0.25) is 0 Å². The third-order valence-electron chi connectivity index (χ3n) is 2.35. The van der Waals surface area contributed by atoms with Gasteiger partial charge in [0.1, 0.15) is 0 Å². The summed E-state index contributed by atoms with van der Waals surface area (Å²) < 4.78 is 14.2. The Morgan fingerprint density at radius 2 is 2.50 bits per heavy atom. The molecule has 0 aromatic rings. The van der Waals surface area contributed by atoms with Crippen molar-refractivity contribution < 1.29 is 19.4 Å². The second-order valence-electron chi connectivity index (χ2n) is 3.32. The molecular formula is C8H8FN3O4. The molecule has 0 amide bonds. The molecule has 86 valence electrons. The molecule has 0 bridgehead atoms. The first kappa shape index (κ1) is 10.6. The fourth-order valence-electron chi connectivity index (χ4n) is 1.56. The Morgan fingerprint density at radius 1 is 1.75 bits per heavy atom. The molecule has 1 aliphatic heterocycles. The van der Waals surface area contributed by atoms with Gasteiger partial charge in [0, 0.05) is 19.1 Å². The number of nitro groups is 1. The fraction of sp³-hybridized carbons (Fsp3) is 0.375. The maximum atomic E-state index is 14.2. The van der Waals surface area contributed by atoms with Crippen LogP contribution in [0.1, 0.15) is 6.42 Å². The van der Waals surface area contributed by atoms with Crippen molar-refractivity contribution in [3.63, 3.8) is 0 Å². The lowest BCUT2D eigenvalue weighted by atomic mass is 9.89. The average molecular weight is 229 g/mol. The number of oxime groups is 1. The van der Waals surface area contributed by atoms with Gasteiger partial charge in [0.15, 0.2) is 17.1 Å². The van der Waals surface area contributed by atoms with Crippen molar-refractivity contribution in [1.29, 1.82) is 0 Å². The van der Waals surface area contributed by atoms with E-state index in [4.69, 9.17) is 5.11 Å². The lowest BCUT2D eigenvalue weighted by molar-refractivity contribution is -0.420. The molecule has 1 unspecified atom stereocenters. The van der Waals surface area contributed by atoms with Crippen LogP contribution >= 0.6 is 0 Å². The smallest absolute Gasteiger partial charge is 0.297 e. The minimum Gasteiger partial charge on any atom is -0.396 e. The fourth-order valence-corrected chi connectivity index (χ4v) is 1.56. The molecule has 2 rings (SSSR count). The summed E-state index contributed by atoms with van der Waals surface area (Å²) in [5.74, 6) is 0. The molecule has 0 fully saturated rings. The van der Waals surface area contributed by atoms with E-state index in [1.807, 2.05) is 0 Å². The van der Waals surface area contributed by atoms with Gasteiger partial charge in [0.05, 0.1) is 4.92 Å². The van der Waals surface area contributed by atoms with Crippen molar-refractivity contribution in [3.05, 3.63) is 33.7 Å². The Labute approximate surface area is 89.0 Å². The summed E-state index contributed by atoms with van der Waals surface area (Å²) in [5.41, 5.74) is -0.507. The van der Waals surface area contributed by atoms with E-state index >= 15 is 0 Å². The zero-order chi connectivity index (χ0) is 11.8. The molecule has 0 aromatic heterocycles. The summed E-state index contributed by atoms with van der Waals surface area (Å²) >= 11 is 0. The predicted octanol–water partition coefficient (Wildman–Crippen LogP) is 0.0260. The zero-order valence-corrected chi connectivity index (χ0v) is 8.01.